The largest absolute Gasteiger partial charge is 0.508 e. The zero-order chi connectivity index (χ0) is 53.1. The van der Waals surface area contributed by atoms with E-state index in [1.54, 1.807) is 78.0 Å². The maximum atomic E-state index is 14.5. The molecule has 1 aliphatic heterocycles. The van der Waals surface area contributed by atoms with Gasteiger partial charge in [-0.1, -0.05) is 101 Å². The molecule has 1 saturated heterocycles. The smallest absolute Gasteiger partial charge is 0.332 e. The van der Waals surface area contributed by atoms with E-state index in [1.807, 2.05) is 0 Å². The number of cyclic esters (lactones) is 1. The number of ether oxygens (including phenoxy) is 2. The van der Waals surface area contributed by atoms with Crippen molar-refractivity contribution >= 4 is 53.3 Å². The molecule has 2 aromatic rings. The van der Waals surface area contributed by atoms with E-state index >= 15 is 0 Å². The molecule has 1 aliphatic rings. The summed E-state index contributed by atoms with van der Waals surface area (Å²) in [6.07, 6.45) is 0.0220. The van der Waals surface area contributed by atoms with Gasteiger partial charge >= 0.3 is 11.9 Å². The molecule has 0 spiro atoms. The average Bonchev–Trinajstić information content (AvgIpc) is 3.34. The molecule has 0 saturated carbocycles. The number of hydrogen-bond donors (Lipinski definition) is 10. The second kappa shape index (κ2) is 27.9. The Kier molecular flexibility index (Phi) is 22.9. The van der Waals surface area contributed by atoms with Gasteiger partial charge in [-0.15, -0.1) is 0 Å². The molecular formula is C50H69N7O14. The molecule has 0 aromatic heterocycles. The lowest BCUT2D eigenvalue weighted by molar-refractivity contribution is -0.160. The third kappa shape index (κ3) is 18.0. The van der Waals surface area contributed by atoms with Crippen molar-refractivity contribution in [2.45, 2.75) is 130 Å². The summed E-state index contributed by atoms with van der Waals surface area (Å²) in [7, 11) is 0. The third-order valence-corrected chi connectivity index (χ3v) is 11.9. The first kappa shape index (κ1) is 58.2. The third-order valence-electron chi connectivity index (χ3n) is 11.9. The maximum absolute atomic E-state index is 14.5. The number of aromatic hydroxyl groups is 1. The molecule has 2 aromatic carbocycles. The number of rotatable bonds is 16. The molecule has 0 aliphatic carbocycles. The standard InChI is InChI=1S/C50H69N7O14/c1-10-27(5)17-22-37(60)51-24-38(61)70-25-36-50(69)71-31(9)41(56-44(63)29(7)43(62)26(3)4)48(67)54-39(28(6)11-2)46(65)57-42(33-18-20-34(59)21-19-33)49(68)52-35(23-32-15-13-12-14-16-32)45(64)55-40(30(8)58)47(66)53-36/h10,12-22,26,28-31,35-36,39-43,58-59,62H,11,23-25H2,1-9H3,(H,51,60)(H,52,68)(H,53,66)(H,54,67)(H,55,64)(H,56,63)(H,57,65)/b22-17+,27-10+/t28-,29+,30+,31+,35-,36-,39+,40+,41-,42-,43+/m0/s1. The highest BCUT2D eigenvalue weighted by Gasteiger charge is 2.40. The first-order valence-corrected chi connectivity index (χ1v) is 23.4. The van der Waals surface area contributed by atoms with Crippen LogP contribution in [0.4, 0.5) is 0 Å². The van der Waals surface area contributed by atoms with Crippen LogP contribution >= 0.6 is 0 Å². The molecule has 0 bridgehead atoms. The number of amides is 7. The molecular weight excluding hydrogens is 923 g/mol. The van der Waals surface area contributed by atoms with E-state index in [9.17, 15) is 58.5 Å². The molecule has 3 rings (SSSR count). The lowest BCUT2D eigenvalue weighted by Crippen LogP contribution is -2.61. The number of nitrogens with one attached hydrogen (secondary N) is 7. The molecule has 11 atom stereocenters. The van der Waals surface area contributed by atoms with Crippen LogP contribution in [-0.2, 0) is 59.0 Å². The fraction of sp³-hybridized carbons (Fsp3) is 0.500. The number of benzene rings is 2. The number of carbonyl (C=O) groups excluding carboxylic acids is 9. The summed E-state index contributed by atoms with van der Waals surface area (Å²) >= 11 is 0. The van der Waals surface area contributed by atoms with Crippen molar-refractivity contribution in [3.63, 3.8) is 0 Å². The fourth-order valence-corrected chi connectivity index (χ4v) is 7.04. The van der Waals surface area contributed by atoms with Crippen molar-refractivity contribution in [3.8, 4) is 5.75 Å². The van der Waals surface area contributed by atoms with Gasteiger partial charge in [0.2, 0.25) is 41.4 Å². The Morgan fingerprint density at radius 3 is 1.97 bits per heavy atom. The lowest BCUT2D eigenvalue weighted by atomic mass is 9.93. The van der Waals surface area contributed by atoms with Crippen LogP contribution in [0, 0.1) is 17.8 Å². The highest BCUT2D eigenvalue weighted by atomic mass is 16.6. The summed E-state index contributed by atoms with van der Waals surface area (Å²) in [5.74, 6) is -11.4. The van der Waals surface area contributed by atoms with Crippen LogP contribution in [0.5, 0.6) is 5.75 Å². The molecule has 1 heterocycles. The quantitative estimate of drug-likeness (QED) is 0.0620. The number of esters is 2. The summed E-state index contributed by atoms with van der Waals surface area (Å²) in [6.45, 7) is 12.3. The first-order chi connectivity index (χ1) is 33.5. The topological polar surface area (TPSA) is 317 Å². The highest BCUT2D eigenvalue weighted by molar-refractivity contribution is 5.98. The number of phenols is 1. The minimum atomic E-state index is -1.94. The van der Waals surface area contributed by atoms with Gasteiger partial charge in [-0.25, -0.2) is 4.79 Å². The number of aliphatic hydroxyl groups is 2. The predicted molar refractivity (Wildman–Crippen MR) is 258 cm³/mol. The summed E-state index contributed by atoms with van der Waals surface area (Å²) in [6, 6.07) is 3.55. The average molecular weight is 992 g/mol. The van der Waals surface area contributed by atoms with Gasteiger partial charge in [0.25, 0.3) is 0 Å². The van der Waals surface area contributed by atoms with Crippen LogP contribution in [0.1, 0.15) is 85.9 Å². The van der Waals surface area contributed by atoms with E-state index in [1.165, 1.54) is 50.3 Å². The molecule has 388 valence electrons. The zero-order valence-electron chi connectivity index (χ0n) is 41.5. The van der Waals surface area contributed by atoms with E-state index < -0.39 is 139 Å². The van der Waals surface area contributed by atoms with Crippen LogP contribution < -0.4 is 37.2 Å². The monoisotopic (exact) mass is 991 g/mol. The van der Waals surface area contributed by atoms with E-state index in [4.69, 9.17) is 9.47 Å². The SMILES string of the molecule is C/C=C(C)/C=C/C(=O)NCC(=O)OC[C@@H]1NC(=O)[C@@H]([C@@H](C)O)NC(=O)[C@H](Cc2ccccc2)NC(=O)[C@H](c2ccc(O)cc2)NC(=O)[C@@H]([C@@H](C)CC)NC(=O)[C@@H](NC(=O)[C@H](C)[C@H](O)C(C)C)[C@@H](C)OC1=O. The minimum Gasteiger partial charge on any atom is -0.508 e. The zero-order valence-corrected chi connectivity index (χ0v) is 41.5. The van der Waals surface area contributed by atoms with Crippen molar-refractivity contribution in [1.82, 2.24) is 37.2 Å². The van der Waals surface area contributed by atoms with Crippen molar-refractivity contribution in [1.29, 1.82) is 0 Å². The Hall–Kier alpha value is -7.13. The first-order valence-electron chi connectivity index (χ1n) is 23.4. The molecule has 71 heavy (non-hydrogen) atoms. The number of aliphatic hydroxyl groups excluding tert-OH is 2. The van der Waals surface area contributed by atoms with Crippen molar-refractivity contribution in [2.24, 2.45) is 17.8 Å². The van der Waals surface area contributed by atoms with Crippen molar-refractivity contribution in [2.75, 3.05) is 13.2 Å². The second-order valence-electron chi connectivity index (χ2n) is 17.9. The molecule has 0 unspecified atom stereocenters. The Morgan fingerprint density at radius 2 is 1.38 bits per heavy atom. The number of allylic oxidation sites excluding steroid dienone is 3. The van der Waals surface area contributed by atoms with Gasteiger partial charge in [0.05, 0.1) is 18.1 Å². The maximum Gasteiger partial charge on any atom is 0.332 e. The highest BCUT2D eigenvalue weighted by Crippen LogP contribution is 2.21. The van der Waals surface area contributed by atoms with Crippen LogP contribution in [0.15, 0.2) is 78.4 Å². The number of hydrogen-bond acceptors (Lipinski definition) is 14. The van der Waals surface area contributed by atoms with Gasteiger partial charge in [0.1, 0.15) is 55.2 Å². The van der Waals surface area contributed by atoms with Crippen LogP contribution in [0.2, 0.25) is 0 Å². The summed E-state index contributed by atoms with van der Waals surface area (Å²) in [5.41, 5.74) is 1.45. The summed E-state index contributed by atoms with van der Waals surface area (Å²) < 4.78 is 11.0. The van der Waals surface area contributed by atoms with E-state index in [0.717, 1.165) is 12.5 Å². The summed E-state index contributed by atoms with van der Waals surface area (Å²) in [5, 5.41) is 49.3. The van der Waals surface area contributed by atoms with Crippen molar-refractivity contribution in [3.05, 3.63) is 89.5 Å². The van der Waals surface area contributed by atoms with Gasteiger partial charge in [0.15, 0.2) is 6.04 Å². The number of carbonyl (C=O) groups is 9. The Morgan fingerprint density at radius 1 is 0.775 bits per heavy atom. The normalized spacial score (nSPS) is 23.9. The van der Waals surface area contributed by atoms with Gasteiger partial charge in [0, 0.05) is 12.5 Å². The van der Waals surface area contributed by atoms with Crippen LogP contribution in [0.25, 0.3) is 0 Å². The second-order valence-corrected chi connectivity index (χ2v) is 17.9. The van der Waals surface area contributed by atoms with Gasteiger partial charge in [-0.05, 0) is 62.8 Å². The Balaban J connectivity index is 2.21. The van der Waals surface area contributed by atoms with Crippen LogP contribution in [-0.4, -0.2) is 130 Å². The molecule has 0 radical (unpaired) electrons. The molecule has 21 heteroatoms. The molecule has 10 N–H and O–H groups in total. The van der Waals surface area contributed by atoms with Gasteiger partial charge < -0.3 is 62.0 Å². The number of phenolic OH excluding ortho intramolecular Hbond substituents is 1. The van der Waals surface area contributed by atoms with Crippen molar-refractivity contribution < 1.29 is 67.9 Å². The molecule has 7 amide bonds. The Labute approximate surface area is 413 Å². The summed E-state index contributed by atoms with van der Waals surface area (Å²) in [4.78, 5) is 125. The van der Waals surface area contributed by atoms with E-state index in [-0.39, 0.29) is 24.2 Å². The van der Waals surface area contributed by atoms with Gasteiger partial charge in [-0.2, -0.15) is 0 Å². The fourth-order valence-electron chi connectivity index (χ4n) is 7.04. The van der Waals surface area contributed by atoms with Crippen LogP contribution in [0.3, 0.4) is 0 Å². The lowest BCUT2D eigenvalue weighted by Gasteiger charge is -2.31. The Bertz CT molecular complexity index is 2250. The van der Waals surface area contributed by atoms with Gasteiger partial charge in [-0.3, -0.25) is 38.4 Å². The van der Waals surface area contributed by atoms with E-state index in [2.05, 4.69) is 37.2 Å². The molecule has 21 nitrogen and oxygen atoms in total. The molecule has 1 fully saturated rings. The minimum absolute atomic E-state index is 0.141. The van der Waals surface area contributed by atoms with E-state index in [0.29, 0.717) is 5.56 Å². The predicted octanol–water partition coefficient (Wildman–Crippen LogP) is 0.423.